The lowest BCUT2D eigenvalue weighted by Crippen LogP contribution is -2.42. The van der Waals surface area contributed by atoms with Crippen LogP contribution in [0.25, 0.3) is 0 Å². The van der Waals surface area contributed by atoms with Gasteiger partial charge >= 0.3 is 0 Å². The van der Waals surface area contributed by atoms with E-state index in [1.807, 2.05) is 0 Å². The van der Waals surface area contributed by atoms with Crippen molar-refractivity contribution in [3.8, 4) is 11.8 Å². The predicted octanol–water partition coefficient (Wildman–Crippen LogP) is 1.61. The molecule has 7 heteroatoms. The van der Waals surface area contributed by atoms with E-state index in [0.717, 1.165) is 32.0 Å². The zero-order valence-electron chi connectivity index (χ0n) is 11.6. The number of amides is 1. The van der Waals surface area contributed by atoms with Crippen LogP contribution in [0, 0.1) is 17.1 Å². The van der Waals surface area contributed by atoms with E-state index >= 15 is 0 Å². The molecule has 1 amide bonds. The molecule has 0 aromatic heterocycles. The minimum absolute atomic E-state index is 0. The van der Waals surface area contributed by atoms with Gasteiger partial charge in [-0.05, 0) is 32.0 Å². The molecular formula is C14H17ClFN3O2. The van der Waals surface area contributed by atoms with Gasteiger partial charge in [0.2, 0.25) is 0 Å². The number of methoxy groups -OCH3 is 1. The molecule has 21 heavy (non-hydrogen) atoms. The summed E-state index contributed by atoms with van der Waals surface area (Å²) in [6, 6.07) is 4.10. The van der Waals surface area contributed by atoms with Crippen LogP contribution in [0.1, 0.15) is 28.8 Å². The Labute approximate surface area is 128 Å². The topological polar surface area (TPSA) is 74.1 Å². The van der Waals surface area contributed by atoms with E-state index in [0.29, 0.717) is 0 Å². The normalized spacial score (nSPS) is 14.7. The summed E-state index contributed by atoms with van der Waals surface area (Å²) in [6.07, 6.45) is 1.70. The van der Waals surface area contributed by atoms with Crippen LogP contribution in [-0.4, -0.2) is 32.1 Å². The molecule has 0 bridgehead atoms. The van der Waals surface area contributed by atoms with E-state index in [1.54, 1.807) is 6.07 Å². The molecule has 1 fully saturated rings. The van der Waals surface area contributed by atoms with E-state index in [1.165, 1.54) is 13.2 Å². The number of carbonyl (C=O) groups is 1. The molecule has 5 nitrogen and oxygen atoms in total. The van der Waals surface area contributed by atoms with Gasteiger partial charge in [-0.1, -0.05) is 0 Å². The third-order valence-electron chi connectivity index (χ3n) is 3.33. The highest BCUT2D eigenvalue weighted by Crippen LogP contribution is 2.23. The molecule has 114 valence electrons. The Kier molecular flexibility index (Phi) is 6.40. The third-order valence-corrected chi connectivity index (χ3v) is 3.33. The first kappa shape index (κ1) is 17.2. The highest BCUT2D eigenvalue weighted by atomic mass is 35.5. The number of rotatable bonds is 3. The Hall–Kier alpha value is -1.84. The molecule has 1 aromatic carbocycles. The average Bonchev–Trinajstić information content (AvgIpc) is 2.47. The van der Waals surface area contributed by atoms with Gasteiger partial charge in [0.05, 0.1) is 18.2 Å². The van der Waals surface area contributed by atoms with Crippen LogP contribution in [0.4, 0.5) is 4.39 Å². The molecule has 1 aliphatic rings. The zero-order valence-corrected chi connectivity index (χ0v) is 12.4. The maximum Gasteiger partial charge on any atom is 0.255 e. The van der Waals surface area contributed by atoms with Gasteiger partial charge in [0.25, 0.3) is 5.91 Å². The van der Waals surface area contributed by atoms with E-state index in [-0.39, 0.29) is 41.2 Å². The molecule has 0 radical (unpaired) electrons. The maximum absolute atomic E-state index is 13.5. The second-order valence-corrected chi connectivity index (χ2v) is 4.64. The van der Waals surface area contributed by atoms with Crippen LogP contribution < -0.4 is 15.4 Å². The van der Waals surface area contributed by atoms with Crippen molar-refractivity contribution < 1.29 is 13.9 Å². The molecule has 2 N–H and O–H groups in total. The molecule has 0 atom stereocenters. The maximum atomic E-state index is 13.5. The van der Waals surface area contributed by atoms with E-state index in [2.05, 4.69) is 10.6 Å². The quantitative estimate of drug-likeness (QED) is 0.889. The fraction of sp³-hybridized carbons (Fsp3) is 0.429. The second-order valence-electron chi connectivity index (χ2n) is 4.64. The van der Waals surface area contributed by atoms with Crippen molar-refractivity contribution in [3.05, 3.63) is 29.1 Å². The molecule has 1 heterocycles. The Morgan fingerprint density at radius 1 is 1.48 bits per heavy atom. The summed E-state index contributed by atoms with van der Waals surface area (Å²) < 4.78 is 18.5. The third kappa shape index (κ3) is 4.06. The van der Waals surface area contributed by atoms with Crippen LogP contribution in [0.15, 0.2) is 12.1 Å². The molecule has 1 aliphatic heterocycles. The van der Waals surface area contributed by atoms with Crippen LogP contribution in [0.2, 0.25) is 0 Å². The van der Waals surface area contributed by atoms with Crippen LogP contribution in [0.3, 0.4) is 0 Å². The highest BCUT2D eigenvalue weighted by molar-refractivity contribution is 5.97. The molecular weight excluding hydrogens is 297 g/mol. The largest absolute Gasteiger partial charge is 0.496 e. The molecule has 0 unspecified atom stereocenters. The van der Waals surface area contributed by atoms with Gasteiger partial charge in [-0.25, -0.2) is 4.39 Å². The van der Waals surface area contributed by atoms with Crippen molar-refractivity contribution in [1.82, 2.24) is 10.6 Å². The minimum atomic E-state index is -0.692. The lowest BCUT2D eigenvalue weighted by atomic mass is 10.0. The number of nitriles is 1. The average molecular weight is 314 g/mol. The predicted molar refractivity (Wildman–Crippen MR) is 78.3 cm³/mol. The first-order chi connectivity index (χ1) is 9.65. The number of halogens is 2. The van der Waals surface area contributed by atoms with Gasteiger partial charge in [-0.2, -0.15) is 5.26 Å². The van der Waals surface area contributed by atoms with Crippen molar-refractivity contribution in [2.24, 2.45) is 0 Å². The van der Waals surface area contributed by atoms with Crippen LogP contribution in [0.5, 0.6) is 5.75 Å². The van der Waals surface area contributed by atoms with Gasteiger partial charge < -0.3 is 15.4 Å². The van der Waals surface area contributed by atoms with Crippen molar-refractivity contribution >= 4 is 18.3 Å². The number of hydrogen-bond donors (Lipinski definition) is 2. The number of ether oxygens (including phenoxy) is 1. The van der Waals surface area contributed by atoms with Crippen LogP contribution in [-0.2, 0) is 0 Å². The SMILES string of the molecule is COc1cc(F)c(C#N)cc1C(=O)NC1CCNCC1.Cl. The number of nitrogens with one attached hydrogen (secondary N) is 2. The lowest BCUT2D eigenvalue weighted by molar-refractivity contribution is 0.0926. The van der Waals surface area contributed by atoms with E-state index < -0.39 is 5.82 Å². The standard InChI is InChI=1S/C14H16FN3O2.ClH/c1-20-13-7-12(15)9(8-16)6-11(13)14(19)18-10-2-4-17-5-3-10;/h6-7,10,17H,2-5H2,1H3,(H,18,19);1H. The van der Waals surface area contributed by atoms with Gasteiger partial charge in [0.15, 0.2) is 0 Å². The fourth-order valence-electron chi connectivity index (χ4n) is 2.22. The minimum Gasteiger partial charge on any atom is -0.496 e. The van der Waals surface area contributed by atoms with Crippen LogP contribution >= 0.6 is 12.4 Å². The summed E-state index contributed by atoms with van der Waals surface area (Å²) in [5, 5.41) is 14.9. The highest BCUT2D eigenvalue weighted by Gasteiger charge is 2.20. The second kappa shape index (κ2) is 7.81. The van der Waals surface area contributed by atoms with Gasteiger partial charge in [-0.15, -0.1) is 12.4 Å². The summed E-state index contributed by atoms with van der Waals surface area (Å²) >= 11 is 0. The van der Waals surface area contributed by atoms with Crippen molar-refractivity contribution in [2.75, 3.05) is 20.2 Å². The zero-order chi connectivity index (χ0) is 14.5. The fourth-order valence-corrected chi connectivity index (χ4v) is 2.22. The summed E-state index contributed by atoms with van der Waals surface area (Å²) in [5.74, 6) is -0.902. The molecule has 1 saturated heterocycles. The molecule has 0 saturated carbocycles. The summed E-state index contributed by atoms with van der Waals surface area (Å²) in [5.41, 5.74) is 0.0187. The lowest BCUT2D eigenvalue weighted by Gasteiger charge is -2.24. The first-order valence-electron chi connectivity index (χ1n) is 6.45. The number of carbonyl (C=O) groups excluding carboxylic acids is 1. The van der Waals surface area contributed by atoms with E-state index in [4.69, 9.17) is 10.00 Å². The summed E-state index contributed by atoms with van der Waals surface area (Å²) in [7, 11) is 1.36. The monoisotopic (exact) mass is 313 g/mol. The molecule has 2 rings (SSSR count). The Morgan fingerprint density at radius 2 is 2.14 bits per heavy atom. The number of hydrogen-bond acceptors (Lipinski definition) is 4. The first-order valence-corrected chi connectivity index (χ1v) is 6.45. The molecule has 0 aliphatic carbocycles. The molecule has 0 spiro atoms. The smallest absolute Gasteiger partial charge is 0.255 e. The number of nitrogens with zero attached hydrogens (tertiary/aromatic N) is 1. The molecule has 1 aromatic rings. The van der Waals surface area contributed by atoms with Gasteiger partial charge in [0.1, 0.15) is 17.6 Å². The number of benzene rings is 1. The van der Waals surface area contributed by atoms with Crippen molar-refractivity contribution in [3.63, 3.8) is 0 Å². The van der Waals surface area contributed by atoms with Gasteiger partial charge in [-0.3, -0.25) is 4.79 Å². The van der Waals surface area contributed by atoms with E-state index in [9.17, 15) is 9.18 Å². The summed E-state index contributed by atoms with van der Waals surface area (Å²) in [4.78, 5) is 12.2. The Bertz CT molecular complexity index is 554. The van der Waals surface area contributed by atoms with Crippen molar-refractivity contribution in [2.45, 2.75) is 18.9 Å². The Balaban J connectivity index is 0.00000220. The summed E-state index contributed by atoms with van der Waals surface area (Å²) in [6.45, 7) is 1.71. The number of piperidine rings is 1. The van der Waals surface area contributed by atoms with Gasteiger partial charge in [0, 0.05) is 12.1 Å². The Morgan fingerprint density at radius 3 is 2.71 bits per heavy atom. The van der Waals surface area contributed by atoms with Crippen molar-refractivity contribution in [1.29, 1.82) is 5.26 Å².